The summed E-state index contributed by atoms with van der Waals surface area (Å²) in [6.07, 6.45) is 0. The Morgan fingerprint density at radius 2 is 1.05 bits per heavy atom. The summed E-state index contributed by atoms with van der Waals surface area (Å²) in [4.78, 5) is 10.6. The Labute approximate surface area is 256 Å². The van der Waals surface area contributed by atoms with E-state index in [1.165, 1.54) is 52.5 Å². The van der Waals surface area contributed by atoms with Crippen molar-refractivity contribution in [1.82, 2.24) is 14.5 Å². The molecule has 3 heterocycles. The maximum Gasteiger partial charge on any atom is 0.235 e. The van der Waals surface area contributed by atoms with Crippen molar-refractivity contribution < 1.29 is 0 Å². The van der Waals surface area contributed by atoms with Crippen molar-refractivity contribution in [3.8, 4) is 17.2 Å². The lowest BCUT2D eigenvalue weighted by atomic mass is 10.00. The third-order valence-electron chi connectivity index (χ3n) is 8.99. The van der Waals surface area contributed by atoms with E-state index in [0.717, 1.165) is 33.2 Å². The number of benzene rings is 7. The molecule has 0 aliphatic rings. The van der Waals surface area contributed by atoms with Gasteiger partial charge in [-0.3, -0.25) is 4.57 Å². The number of rotatable bonds is 2. The first-order chi connectivity index (χ1) is 21.8. The predicted octanol–water partition coefficient (Wildman–Crippen LogP) is 11.1. The number of aromatic nitrogens is 3. The van der Waals surface area contributed by atoms with Gasteiger partial charge in [0.1, 0.15) is 0 Å². The van der Waals surface area contributed by atoms with Crippen molar-refractivity contribution in [2.75, 3.05) is 0 Å². The minimum Gasteiger partial charge on any atom is -0.278 e. The van der Waals surface area contributed by atoms with Gasteiger partial charge in [-0.05, 0) is 51.9 Å². The Hall–Kier alpha value is -5.58. The standard InChI is InChI=1S/C40H23N3S/c1-3-11-27-24(9-1)18-21-33-37(27)38-28-12-4-2-10-25(28)19-22-34(38)43(33)40-41-32-15-7-5-14-31(32)39(42-40)26-17-20-30-29-13-6-8-16-35(29)44-36(30)23-26/h1-23H. The van der Waals surface area contributed by atoms with Gasteiger partial charge < -0.3 is 0 Å². The predicted molar refractivity (Wildman–Crippen MR) is 187 cm³/mol. The Balaban J connectivity index is 1.32. The van der Waals surface area contributed by atoms with Crippen LogP contribution >= 0.6 is 11.3 Å². The Bertz CT molecular complexity index is 2690. The molecule has 0 N–H and O–H groups in total. The zero-order chi connectivity index (χ0) is 28.8. The molecular weight excluding hydrogens is 555 g/mol. The van der Waals surface area contributed by atoms with Crippen LogP contribution in [0.1, 0.15) is 0 Å². The Kier molecular flexibility index (Phi) is 4.87. The van der Waals surface area contributed by atoms with E-state index < -0.39 is 0 Å². The van der Waals surface area contributed by atoms with Crippen LogP contribution in [0.15, 0.2) is 140 Å². The molecule has 7 aromatic carbocycles. The summed E-state index contributed by atoms with van der Waals surface area (Å²) < 4.78 is 4.83. The van der Waals surface area contributed by atoms with Crippen molar-refractivity contribution >= 4 is 85.8 Å². The fraction of sp³-hybridized carbons (Fsp3) is 0. The quantitative estimate of drug-likeness (QED) is 0.205. The second kappa shape index (κ2) is 8.96. The van der Waals surface area contributed by atoms with Crippen molar-refractivity contribution in [2.45, 2.75) is 0 Å². The molecule has 0 unspecified atom stereocenters. The molecule has 0 atom stereocenters. The summed E-state index contributed by atoms with van der Waals surface area (Å²) in [5, 5.41) is 11.0. The van der Waals surface area contributed by atoms with Gasteiger partial charge in [-0.15, -0.1) is 11.3 Å². The molecule has 0 spiro atoms. The average molecular weight is 578 g/mol. The maximum atomic E-state index is 5.39. The average Bonchev–Trinajstić information content (AvgIpc) is 3.63. The zero-order valence-corrected chi connectivity index (χ0v) is 24.3. The number of para-hydroxylation sites is 1. The van der Waals surface area contributed by atoms with Crippen LogP contribution in [0, 0.1) is 0 Å². The summed E-state index contributed by atoms with van der Waals surface area (Å²) in [5.74, 6) is 0.681. The van der Waals surface area contributed by atoms with E-state index in [0.29, 0.717) is 5.95 Å². The minimum atomic E-state index is 0.681. The van der Waals surface area contributed by atoms with Crippen LogP contribution in [0.3, 0.4) is 0 Å². The Morgan fingerprint density at radius 3 is 1.77 bits per heavy atom. The van der Waals surface area contributed by atoms with Gasteiger partial charge >= 0.3 is 0 Å². The van der Waals surface area contributed by atoms with Gasteiger partial charge in [0, 0.05) is 41.9 Å². The smallest absolute Gasteiger partial charge is 0.235 e. The molecule has 3 aromatic heterocycles. The van der Waals surface area contributed by atoms with E-state index in [-0.39, 0.29) is 0 Å². The van der Waals surface area contributed by atoms with E-state index in [2.05, 4.69) is 144 Å². The van der Waals surface area contributed by atoms with Gasteiger partial charge in [-0.1, -0.05) is 109 Å². The Morgan fingerprint density at radius 1 is 0.455 bits per heavy atom. The fourth-order valence-electron chi connectivity index (χ4n) is 7.02. The monoisotopic (exact) mass is 577 g/mol. The number of hydrogen-bond donors (Lipinski definition) is 0. The second-order valence-corrected chi connectivity index (χ2v) is 12.5. The summed E-state index contributed by atoms with van der Waals surface area (Å²) in [6.45, 7) is 0. The molecule has 4 heteroatoms. The molecule has 204 valence electrons. The highest BCUT2D eigenvalue weighted by atomic mass is 32.1. The van der Waals surface area contributed by atoms with Crippen LogP contribution in [0.25, 0.3) is 91.6 Å². The van der Waals surface area contributed by atoms with Crippen LogP contribution in [0.2, 0.25) is 0 Å². The molecule has 10 aromatic rings. The molecule has 0 saturated heterocycles. The third-order valence-corrected chi connectivity index (χ3v) is 10.1. The normalized spacial score (nSPS) is 12.1. The van der Waals surface area contributed by atoms with Crippen LogP contribution in [0.4, 0.5) is 0 Å². The van der Waals surface area contributed by atoms with Crippen LogP contribution < -0.4 is 0 Å². The number of hydrogen-bond acceptors (Lipinski definition) is 3. The van der Waals surface area contributed by atoms with E-state index in [1.54, 1.807) is 0 Å². The fourth-order valence-corrected chi connectivity index (χ4v) is 8.17. The second-order valence-electron chi connectivity index (χ2n) is 11.4. The SMILES string of the molecule is c1ccc2c(c1)ccc1c2c2c3ccccc3ccc2n1-c1nc(-c2ccc3c(c2)sc2ccccc23)c2ccccc2n1. The maximum absolute atomic E-state index is 5.39. The van der Waals surface area contributed by atoms with E-state index in [9.17, 15) is 0 Å². The molecule has 0 aliphatic heterocycles. The van der Waals surface area contributed by atoms with Gasteiger partial charge in [0.15, 0.2) is 0 Å². The van der Waals surface area contributed by atoms with Crippen molar-refractivity contribution in [3.63, 3.8) is 0 Å². The van der Waals surface area contributed by atoms with Crippen molar-refractivity contribution in [1.29, 1.82) is 0 Å². The van der Waals surface area contributed by atoms with E-state index in [1.807, 2.05) is 11.3 Å². The number of fused-ring (bicyclic) bond motifs is 11. The van der Waals surface area contributed by atoms with Gasteiger partial charge in [0.2, 0.25) is 5.95 Å². The molecule has 0 amide bonds. The topological polar surface area (TPSA) is 30.7 Å². The lowest BCUT2D eigenvalue weighted by Gasteiger charge is -2.12. The summed E-state index contributed by atoms with van der Waals surface area (Å²) in [7, 11) is 0. The molecule has 0 saturated carbocycles. The lowest BCUT2D eigenvalue weighted by Crippen LogP contribution is -2.03. The highest BCUT2D eigenvalue weighted by Crippen LogP contribution is 2.41. The highest BCUT2D eigenvalue weighted by molar-refractivity contribution is 7.25. The van der Waals surface area contributed by atoms with Gasteiger partial charge in [-0.25, -0.2) is 9.97 Å². The van der Waals surface area contributed by atoms with E-state index in [4.69, 9.17) is 9.97 Å². The molecule has 10 rings (SSSR count). The first kappa shape index (κ1) is 23.9. The molecule has 0 aliphatic carbocycles. The highest BCUT2D eigenvalue weighted by Gasteiger charge is 2.20. The molecular formula is C40H23N3S. The summed E-state index contributed by atoms with van der Waals surface area (Å²) in [6, 6.07) is 50.0. The first-order valence-electron chi connectivity index (χ1n) is 14.8. The third kappa shape index (κ3) is 3.31. The van der Waals surface area contributed by atoms with Gasteiger partial charge in [-0.2, -0.15) is 0 Å². The zero-order valence-electron chi connectivity index (χ0n) is 23.5. The summed E-state index contributed by atoms with van der Waals surface area (Å²) in [5.41, 5.74) is 5.19. The lowest BCUT2D eigenvalue weighted by molar-refractivity contribution is 1.01. The summed E-state index contributed by atoms with van der Waals surface area (Å²) >= 11 is 1.84. The molecule has 3 nitrogen and oxygen atoms in total. The molecule has 0 radical (unpaired) electrons. The van der Waals surface area contributed by atoms with Gasteiger partial charge in [0.05, 0.1) is 22.2 Å². The first-order valence-corrected chi connectivity index (χ1v) is 15.7. The molecule has 44 heavy (non-hydrogen) atoms. The molecule has 0 bridgehead atoms. The van der Waals surface area contributed by atoms with Crippen LogP contribution in [-0.2, 0) is 0 Å². The van der Waals surface area contributed by atoms with E-state index >= 15 is 0 Å². The van der Waals surface area contributed by atoms with Crippen molar-refractivity contribution in [3.05, 3.63) is 140 Å². The molecule has 0 fully saturated rings. The minimum absolute atomic E-state index is 0.681. The largest absolute Gasteiger partial charge is 0.278 e. The van der Waals surface area contributed by atoms with Crippen LogP contribution in [-0.4, -0.2) is 14.5 Å². The van der Waals surface area contributed by atoms with Gasteiger partial charge in [0.25, 0.3) is 0 Å². The number of nitrogens with zero attached hydrogens (tertiary/aromatic N) is 3. The number of thiophene rings is 1. The van der Waals surface area contributed by atoms with Crippen molar-refractivity contribution in [2.24, 2.45) is 0 Å². The van der Waals surface area contributed by atoms with Crippen LogP contribution in [0.5, 0.6) is 0 Å².